The highest BCUT2D eigenvalue weighted by Gasteiger charge is 2.01. The number of hydrogen-bond acceptors (Lipinski definition) is 1. The van der Waals surface area contributed by atoms with Crippen molar-refractivity contribution in [3.05, 3.63) is 42.5 Å². The van der Waals surface area contributed by atoms with E-state index in [1.807, 2.05) is 58.0 Å². The maximum Gasteiger partial charge on any atom is 0.120 e. The van der Waals surface area contributed by atoms with Crippen molar-refractivity contribution in [3.8, 4) is 5.75 Å². The third-order valence-electron chi connectivity index (χ3n) is 1.97. The Hall–Kier alpha value is -1.24. The predicted octanol–water partition coefficient (Wildman–Crippen LogP) is 5.39. The lowest BCUT2D eigenvalue weighted by atomic mass is 10.2. The molecule has 0 spiro atoms. The lowest BCUT2D eigenvalue weighted by Gasteiger charge is -2.13. The Morgan fingerprint density at radius 1 is 1.12 bits per heavy atom. The monoisotopic (exact) mass is 236 g/mol. The van der Waals surface area contributed by atoms with E-state index < -0.39 is 0 Å². The Kier molecular flexibility index (Phi) is 13.7. The summed E-state index contributed by atoms with van der Waals surface area (Å²) in [5.74, 6) is 0.914. The minimum absolute atomic E-state index is 0.128. The normalized spacial score (nSPS) is 10.0. The zero-order valence-electron chi connectivity index (χ0n) is 12.3. The molecule has 0 heterocycles. The van der Waals surface area contributed by atoms with Crippen LogP contribution in [0.1, 0.15) is 46.6 Å². The zero-order valence-corrected chi connectivity index (χ0v) is 12.3. The van der Waals surface area contributed by atoms with Gasteiger partial charge in [-0.3, -0.25) is 0 Å². The summed E-state index contributed by atoms with van der Waals surface area (Å²) in [7, 11) is 0. The summed E-state index contributed by atoms with van der Waals surface area (Å²) >= 11 is 0. The maximum absolute atomic E-state index is 5.65. The quantitative estimate of drug-likeness (QED) is 0.637. The average Bonchev–Trinajstić information content (AvgIpc) is 2.42. The molecule has 0 aliphatic carbocycles. The highest BCUT2D eigenvalue weighted by Crippen LogP contribution is 2.14. The van der Waals surface area contributed by atoms with E-state index in [1.165, 1.54) is 5.56 Å². The molecule has 98 valence electrons. The van der Waals surface area contributed by atoms with Gasteiger partial charge in [0.1, 0.15) is 11.9 Å². The lowest BCUT2D eigenvalue weighted by molar-refractivity contribution is 0.245. The van der Waals surface area contributed by atoms with Crippen molar-refractivity contribution in [1.82, 2.24) is 0 Å². The first kappa shape index (κ1) is 18.1. The third kappa shape index (κ3) is 8.56. The van der Waals surface area contributed by atoms with Crippen LogP contribution in [0.4, 0.5) is 0 Å². The molecule has 0 amide bonds. The third-order valence-corrected chi connectivity index (χ3v) is 1.97. The summed E-state index contributed by atoms with van der Waals surface area (Å²) in [6.45, 7) is 15.9. The topological polar surface area (TPSA) is 9.23 Å². The van der Waals surface area contributed by atoms with Gasteiger partial charge in [-0.1, -0.05) is 65.0 Å². The van der Waals surface area contributed by atoms with E-state index in [9.17, 15) is 0 Å². The van der Waals surface area contributed by atoms with Gasteiger partial charge in [-0.05, 0) is 25.5 Å². The molecule has 0 bridgehead atoms. The van der Waals surface area contributed by atoms with Gasteiger partial charge in [-0.25, -0.2) is 0 Å². The van der Waals surface area contributed by atoms with Gasteiger partial charge < -0.3 is 4.74 Å². The first-order chi connectivity index (χ1) is 8.26. The van der Waals surface area contributed by atoms with Crippen LogP contribution < -0.4 is 4.74 Å². The van der Waals surface area contributed by atoms with Crippen molar-refractivity contribution >= 4 is 0 Å². The van der Waals surface area contributed by atoms with E-state index in [-0.39, 0.29) is 6.10 Å². The molecule has 1 aromatic carbocycles. The minimum atomic E-state index is 0.128. The first-order valence-corrected chi connectivity index (χ1v) is 6.62. The number of ether oxygens (including phenoxy) is 1. The standard InChI is InChI=1S/C12H16O.2C2H6/c1-4-11(5-2)13-12-8-6-10(3)7-9-12;2*1-2/h4,6-9,11H,1,5H2,2-3H3;2*1-2H3. The molecule has 1 atom stereocenters. The van der Waals surface area contributed by atoms with Crippen LogP contribution in [0.3, 0.4) is 0 Å². The van der Waals surface area contributed by atoms with Crippen LogP contribution in [-0.2, 0) is 0 Å². The van der Waals surface area contributed by atoms with Gasteiger partial charge in [-0.2, -0.15) is 0 Å². The largest absolute Gasteiger partial charge is 0.486 e. The van der Waals surface area contributed by atoms with Gasteiger partial charge >= 0.3 is 0 Å². The molecule has 0 N–H and O–H groups in total. The first-order valence-electron chi connectivity index (χ1n) is 6.62. The van der Waals surface area contributed by atoms with Crippen LogP contribution in [0.5, 0.6) is 5.75 Å². The number of rotatable bonds is 4. The Bertz CT molecular complexity index is 261. The Morgan fingerprint density at radius 3 is 1.94 bits per heavy atom. The minimum Gasteiger partial charge on any atom is -0.486 e. The number of benzene rings is 1. The van der Waals surface area contributed by atoms with Gasteiger partial charge in [0.25, 0.3) is 0 Å². The smallest absolute Gasteiger partial charge is 0.120 e. The lowest BCUT2D eigenvalue weighted by Crippen LogP contribution is -2.11. The molecule has 0 aliphatic rings. The molecule has 1 unspecified atom stereocenters. The Balaban J connectivity index is 0. The van der Waals surface area contributed by atoms with Crippen LogP contribution in [0, 0.1) is 6.92 Å². The predicted molar refractivity (Wildman–Crippen MR) is 78.8 cm³/mol. The summed E-state index contributed by atoms with van der Waals surface area (Å²) in [5.41, 5.74) is 1.25. The molecule has 0 saturated carbocycles. The molecule has 0 saturated heterocycles. The average molecular weight is 236 g/mol. The second-order valence-electron chi connectivity index (χ2n) is 3.11. The van der Waals surface area contributed by atoms with E-state index in [1.54, 1.807) is 0 Å². The van der Waals surface area contributed by atoms with Gasteiger partial charge in [0.2, 0.25) is 0 Å². The number of aryl methyl sites for hydroxylation is 1. The van der Waals surface area contributed by atoms with Gasteiger partial charge in [0.05, 0.1) is 0 Å². The summed E-state index contributed by atoms with van der Waals surface area (Å²) in [6, 6.07) is 8.07. The van der Waals surface area contributed by atoms with E-state index in [0.29, 0.717) is 0 Å². The van der Waals surface area contributed by atoms with E-state index >= 15 is 0 Å². The van der Waals surface area contributed by atoms with Gasteiger partial charge in [0, 0.05) is 0 Å². The van der Waals surface area contributed by atoms with E-state index in [0.717, 1.165) is 12.2 Å². The summed E-state index contributed by atoms with van der Waals surface area (Å²) < 4.78 is 5.65. The highest BCUT2D eigenvalue weighted by atomic mass is 16.5. The van der Waals surface area contributed by atoms with Crippen molar-refractivity contribution in [2.45, 2.75) is 54.1 Å². The molecule has 1 aromatic rings. The number of hydrogen-bond donors (Lipinski definition) is 0. The van der Waals surface area contributed by atoms with Crippen molar-refractivity contribution in [3.63, 3.8) is 0 Å². The van der Waals surface area contributed by atoms with Gasteiger partial charge in [0.15, 0.2) is 0 Å². The fourth-order valence-corrected chi connectivity index (χ4v) is 1.09. The SMILES string of the molecule is C=CC(CC)Oc1ccc(C)cc1.CC.CC. The fourth-order valence-electron chi connectivity index (χ4n) is 1.09. The second-order valence-corrected chi connectivity index (χ2v) is 3.11. The summed E-state index contributed by atoms with van der Waals surface area (Å²) in [4.78, 5) is 0. The van der Waals surface area contributed by atoms with Crippen molar-refractivity contribution in [2.24, 2.45) is 0 Å². The van der Waals surface area contributed by atoms with Gasteiger partial charge in [-0.15, -0.1) is 0 Å². The fraction of sp³-hybridized carbons (Fsp3) is 0.500. The van der Waals surface area contributed by atoms with Crippen LogP contribution in [0.2, 0.25) is 0 Å². The van der Waals surface area contributed by atoms with Crippen molar-refractivity contribution < 1.29 is 4.74 Å². The van der Waals surface area contributed by atoms with E-state index in [2.05, 4.69) is 20.4 Å². The molecule has 1 heteroatoms. The molecule has 17 heavy (non-hydrogen) atoms. The highest BCUT2D eigenvalue weighted by molar-refractivity contribution is 5.26. The summed E-state index contributed by atoms with van der Waals surface area (Å²) in [6.07, 6.45) is 2.92. The van der Waals surface area contributed by atoms with Crippen LogP contribution >= 0.6 is 0 Å². The zero-order chi connectivity index (χ0) is 13.7. The van der Waals surface area contributed by atoms with Crippen molar-refractivity contribution in [1.29, 1.82) is 0 Å². The molecular formula is C16H28O. The Labute approximate surface area is 108 Å². The van der Waals surface area contributed by atoms with Crippen LogP contribution in [0.15, 0.2) is 36.9 Å². The molecule has 0 fully saturated rings. The van der Waals surface area contributed by atoms with Crippen LogP contribution in [0.25, 0.3) is 0 Å². The molecular weight excluding hydrogens is 208 g/mol. The van der Waals surface area contributed by atoms with Crippen molar-refractivity contribution in [2.75, 3.05) is 0 Å². The molecule has 0 aliphatic heterocycles. The molecule has 1 nitrogen and oxygen atoms in total. The van der Waals surface area contributed by atoms with E-state index in [4.69, 9.17) is 4.74 Å². The Morgan fingerprint density at radius 2 is 1.59 bits per heavy atom. The molecule has 0 aromatic heterocycles. The summed E-state index contributed by atoms with van der Waals surface area (Å²) in [5, 5.41) is 0. The maximum atomic E-state index is 5.65. The molecule has 1 rings (SSSR count). The van der Waals surface area contributed by atoms with Crippen LogP contribution in [-0.4, -0.2) is 6.10 Å². The second kappa shape index (κ2) is 12.8. The molecule has 0 radical (unpaired) electrons.